The lowest BCUT2D eigenvalue weighted by atomic mass is 10.0. The molecule has 10 heteroatoms. The first kappa shape index (κ1) is 19.6. The van der Waals surface area contributed by atoms with Crippen molar-refractivity contribution in [3.05, 3.63) is 70.8 Å². The smallest absolute Gasteiger partial charge is 0.267 e. The Morgan fingerprint density at radius 3 is 2.52 bits per heavy atom. The third-order valence-corrected chi connectivity index (χ3v) is 7.41. The Hall–Kier alpha value is -3.37. The van der Waals surface area contributed by atoms with E-state index in [-0.39, 0.29) is 35.5 Å². The second-order valence-electron chi connectivity index (χ2n) is 7.58. The molecular weight excluding hydrogens is 418 g/mol. The molecule has 1 amide bonds. The first-order chi connectivity index (χ1) is 14.9. The van der Waals surface area contributed by atoms with Gasteiger partial charge in [0.05, 0.1) is 16.6 Å². The van der Waals surface area contributed by atoms with E-state index in [4.69, 9.17) is 0 Å². The standard InChI is InChI=1S/C21H19N5O4S/c27-20-5-1-15-11-17(2-3-18(15)23-20)31(29,30)25-12-16(13-25)26-21(28)6-4-19(24-26)14-7-9-22-10-8-14/h2-4,6-11,16H,1,5,12-13H2,(H,23,27). The number of rotatable bonds is 4. The molecule has 9 nitrogen and oxygen atoms in total. The van der Waals surface area contributed by atoms with Crippen LogP contribution in [-0.4, -0.2) is 46.5 Å². The van der Waals surface area contributed by atoms with Gasteiger partial charge in [-0.1, -0.05) is 0 Å². The molecule has 0 spiro atoms. The van der Waals surface area contributed by atoms with E-state index in [1.807, 2.05) is 0 Å². The van der Waals surface area contributed by atoms with Gasteiger partial charge in [-0.3, -0.25) is 14.6 Å². The van der Waals surface area contributed by atoms with Gasteiger partial charge < -0.3 is 5.32 Å². The van der Waals surface area contributed by atoms with E-state index in [1.54, 1.807) is 42.7 Å². The van der Waals surface area contributed by atoms with Gasteiger partial charge in [-0.15, -0.1) is 0 Å². The summed E-state index contributed by atoms with van der Waals surface area (Å²) in [5.41, 5.74) is 2.64. The Balaban J connectivity index is 1.36. The van der Waals surface area contributed by atoms with Gasteiger partial charge in [-0.2, -0.15) is 9.40 Å². The topological polar surface area (TPSA) is 114 Å². The summed E-state index contributed by atoms with van der Waals surface area (Å²) < 4.78 is 28.8. The highest BCUT2D eigenvalue weighted by molar-refractivity contribution is 7.89. The molecule has 0 atom stereocenters. The Bertz CT molecular complexity index is 1330. The van der Waals surface area contributed by atoms with Gasteiger partial charge in [0.2, 0.25) is 15.9 Å². The molecule has 0 radical (unpaired) electrons. The van der Waals surface area contributed by atoms with Crippen LogP contribution in [0.2, 0.25) is 0 Å². The van der Waals surface area contributed by atoms with Crippen LogP contribution in [0, 0.1) is 0 Å². The van der Waals surface area contributed by atoms with Crippen LogP contribution in [0.15, 0.2) is 64.5 Å². The quantitative estimate of drug-likeness (QED) is 0.661. The number of anilines is 1. The molecular formula is C21H19N5O4S. The van der Waals surface area contributed by atoms with Crippen molar-refractivity contribution in [1.29, 1.82) is 0 Å². The number of carbonyl (C=O) groups is 1. The average molecular weight is 437 g/mol. The molecule has 2 aliphatic rings. The molecule has 1 fully saturated rings. The molecule has 0 saturated carbocycles. The number of amides is 1. The van der Waals surface area contributed by atoms with Gasteiger partial charge >= 0.3 is 0 Å². The Morgan fingerprint density at radius 1 is 0.968 bits per heavy atom. The summed E-state index contributed by atoms with van der Waals surface area (Å²) in [6.45, 7) is 0.339. The molecule has 4 heterocycles. The SMILES string of the molecule is O=C1CCc2cc(S(=O)(=O)N3CC(n4nc(-c5ccncc5)ccc4=O)C3)ccc2N1. The molecule has 5 rings (SSSR count). The van der Waals surface area contributed by atoms with Crippen molar-refractivity contribution in [2.45, 2.75) is 23.8 Å². The lowest BCUT2D eigenvalue weighted by Crippen LogP contribution is -2.53. The predicted octanol–water partition coefficient (Wildman–Crippen LogP) is 1.44. The third kappa shape index (κ3) is 3.53. The highest BCUT2D eigenvalue weighted by Crippen LogP contribution is 2.31. The van der Waals surface area contributed by atoms with Gasteiger partial charge in [0.15, 0.2) is 0 Å². The van der Waals surface area contributed by atoms with Crippen LogP contribution in [0.3, 0.4) is 0 Å². The number of hydrogen-bond acceptors (Lipinski definition) is 6. The molecule has 1 saturated heterocycles. The first-order valence-electron chi connectivity index (χ1n) is 9.85. The zero-order valence-corrected chi connectivity index (χ0v) is 17.2. The summed E-state index contributed by atoms with van der Waals surface area (Å²) in [6, 6.07) is 11.1. The van der Waals surface area contributed by atoms with Crippen molar-refractivity contribution < 1.29 is 13.2 Å². The highest BCUT2D eigenvalue weighted by Gasteiger charge is 2.39. The number of aromatic nitrogens is 3. The number of pyridine rings is 1. The van der Waals surface area contributed by atoms with E-state index in [0.717, 1.165) is 11.1 Å². The van der Waals surface area contributed by atoms with E-state index in [9.17, 15) is 18.0 Å². The maximum absolute atomic E-state index is 13.0. The summed E-state index contributed by atoms with van der Waals surface area (Å²) in [5, 5.41) is 7.18. The third-order valence-electron chi connectivity index (χ3n) is 5.59. The number of hydrogen-bond donors (Lipinski definition) is 1. The van der Waals surface area contributed by atoms with E-state index in [2.05, 4.69) is 15.4 Å². The normalized spacial score (nSPS) is 17.0. The molecule has 158 valence electrons. The van der Waals surface area contributed by atoms with Crippen LogP contribution in [0.5, 0.6) is 0 Å². The maximum atomic E-state index is 13.0. The molecule has 2 aromatic heterocycles. The number of nitrogens with one attached hydrogen (secondary N) is 1. The Morgan fingerprint density at radius 2 is 1.74 bits per heavy atom. The van der Waals surface area contributed by atoms with Crippen molar-refractivity contribution >= 4 is 21.6 Å². The van der Waals surface area contributed by atoms with Crippen LogP contribution in [0.1, 0.15) is 18.0 Å². The maximum Gasteiger partial charge on any atom is 0.267 e. The van der Waals surface area contributed by atoms with Crippen molar-refractivity contribution in [3.63, 3.8) is 0 Å². The van der Waals surface area contributed by atoms with E-state index in [0.29, 0.717) is 24.2 Å². The zero-order valence-electron chi connectivity index (χ0n) is 16.4. The highest BCUT2D eigenvalue weighted by atomic mass is 32.2. The number of benzene rings is 1. The Kier molecular flexibility index (Phi) is 4.67. The number of sulfonamides is 1. The summed E-state index contributed by atoms with van der Waals surface area (Å²) in [4.78, 5) is 28.0. The van der Waals surface area contributed by atoms with Gasteiger partial charge in [0.1, 0.15) is 0 Å². The second-order valence-corrected chi connectivity index (χ2v) is 9.52. The summed E-state index contributed by atoms with van der Waals surface area (Å²) >= 11 is 0. The summed E-state index contributed by atoms with van der Waals surface area (Å²) in [6.07, 6.45) is 4.14. The fourth-order valence-corrected chi connectivity index (χ4v) is 5.37. The molecule has 0 aliphatic carbocycles. The fourth-order valence-electron chi connectivity index (χ4n) is 3.80. The van der Waals surface area contributed by atoms with Gasteiger partial charge in [0.25, 0.3) is 5.56 Å². The zero-order chi connectivity index (χ0) is 21.6. The Labute approximate surface area is 178 Å². The summed E-state index contributed by atoms with van der Waals surface area (Å²) in [5.74, 6) is -0.0689. The number of aryl methyl sites for hydroxylation is 1. The van der Waals surface area contributed by atoms with E-state index < -0.39 is 10.0 Å². The minimum atomic E-state index is -3.70. The lowest BCUT2D eigenvalue weighted by Gasteiger charge is -2.38. The molecule has 0 unspecified atom stereocenters. The summed E-state index contributed by atoms with van der Waals surface area (Å²) in [7, 11) is -3.70. The molecule has 31 heavy (non-hydrogen) atoms. The van der Waals surface area contributed by atoms with Gasteiger partial charge in [-0.25, -0.2) is 13.1 Å². The van der Waals surface area contributed by atoms with Crippen LogP contribution >= 0.6 is 0 Å². The number of nitrogens with zero attached hydrogens (tertiary/aromatic N) is 4. The number of fused-ring (bicyclic) bond motifs is 1. The van der Waals surface area contributed by atoms with Crippen LogP contribution < -0.4 is 10.9 Å². The van der Waals surface area contributed by atoms with Crippen LogP contribution in [-0.2, 0) is 21.2 Å². The first-order valence-corrected chi connectivity index (χ1v) is 11.3. The second kappa shape index (κ2) is 7.40. The predicted molar refractivity (Wildman–Crippen MR) is 113 cm³/mol. The van der Waals surface area contributed by atoms with Crippen molar-refractivity contribution in [1.82, 2.24) is 19.1 Å². The van der Waals surface area contributed by atoms with E-state index >= 15 is 0 Å². The van der Waals surface area contributed by atoms with Crippen molar-refractivity contribution in [2.75, 3.05) is 18.4 Å². The van der Waals surface area contributed by atoms with Crippen molar-refractivity contribution in [2.24, 2.45) is 0 Å². The number of carbonyl (C=O) groups excluding carboxylic acids is 1. The van der Waals surface area contributed by atoms with E-state index in [1.165, 1.54) is 21.1 Å². The molecule has 0 bridgehead atoms. The lowest BCUT2D eigenvalue weighted by molar-refractivity contribution is -0.116. The van der Waals surface area contributed by atoms with Crippen LogP contribution in [0.4, 0.5) is 5.69 Å². The average Bonchev–Trinajstić information content (AvgIpc) is 2.74. The largest absolute Gasteiger partial charge is 0.326 e. The molecule has 2 aliphatic heterocycles. The molecule has 1 aromatic carbocycles. The monoisotopic (exact) mass is 437 g/mol. The van der Waals surface area contributed by atoms with Gasteiger partial charge in [0, 0.05) is 49.2 Å². The van der Waals surface area contributed by atoms with Crippen molar-refractivity contribution in [3.8, 4) is 11.3 Å². The molecule has 3 aromatic rings. The fraction of sp³-hybridized carbons (Fsp3) is 0.238. The van der Waals surface area contributed by atoms with Crippen LogP contribution in [0.25, 0.3) is 11.3 Å². The molecule has 1 N–H and O–H groups in total. The minimum Gasteiger partial charge on any atom is -0.326 e. The minimum absolute atomic E-state index is 0.0689. The van der Waals surface area contributed by atoms with Gasteiger partial charge in [-0.05, 0) is 48.4 Å².